The van der Waals surface area contributed by atoms with Crippen molar-refractivity contribution in [3.05, 3.63) is 20.8 Å². The molecule has 0 aromatic carbocycles. The number of aliphatic hydroxyl groups is 1. The molecule has 1 aromatic heterocycles. The van der Waals surface area contributed by atoms with Gasteiger partial charge in [0.1, 0.15) is 0 Å². The maximum atomic E-state index is 9.10. The highest BCUT2D eigenvalue weighted by atomic mass is 79.9. The molecule has 0 aliphatic heterocycles. The number of thiophene rings is 1. The largest absolute Gasteiger partial charge is 0.393 e. The van der Waals surface area contributed by atoms with E-state index < -0.39 is 0 Å². The highest BCUT2D eigenvalue weighted by Crippen LogP contribution is 2.42. The molecule has 0 radical (unpaired) electrons. The fourth-order valence-corrected chi connectivity index (χ4v) is 3.23. The van der Waals surface area contributed by atoms with Crippen molar-refractivity contribution in [2.45, 2.75) is 24.9 Å². The second kappa shape index (κ2) is 2.88. The van der Waals surface area contributed by atoms with Crippen LogP contribution in [0.1, 0.15) is 23.6 Å². The third kappa shape index (κ3) is 1.37. The van der Waals surface area contributed by atoms with Crippen molar-refractivity contribution in [3.8, 4) is 0 Å². The van der Waals surface area contributed by atoms with Crippen LogP contribution in [0.2, 0.25) is 0 Å². The summed E-state index contributed by atoms with van der Waals surface area (Å²) in [5.74, 6) is 0.611. The molecular weight excluding hydrogens is 224 g/mol. The zero-order valence-electron chi connectivity index (χ0n) is 5.96. The predicted octanol–water partition coefficient (Wildman–Crippen LogP) is 2.75. The van der Waals surface area contributed by atoms with Crippen LogP contribution in [-0.2, 0) is 0 Å². The third-order valence-electron chi connectivity index (χ3n) is 2.13. The minimum Gasteiger partial charge on any atom is -0.393 e. The van der Waals surface area contributed by atoms with E-state index in [0.29, 0.717) is 5.92 Å². The van der Waals surface area contributed by atoms with Gasteiger partial charge >= 0.3 is 0 Å². The van der Waals surface area contributed by atoms with E-state index in [2.05, 4.69) is 27.4 Å². The van der Waals surface area contributed by atoms with Gasteiger partial charge in [-0.3, -0.25) is 0 Å². The van der Waals surface area contributed by atoms with Crippen molar-refractivity contribution in [2.75, 3.05) is 0 Å². The minimum absolute atomic E-state index is 0.0472. The van der Waals surface area contributed by atoms with Gasteiger partial charge in [0.15, 0.2) is 0 Å². The molecule has 2 rings (SSSR count). The molecule has 1 fully saturated rings. The van der Waals surface area contributed by atoms with Gasteiger partial charge < -0.3 is 5.11 Å². The average Bonchev–Trinajstić information content (AvgIpc) is 2.29. The lowest BCUT2D eigenvalue weighted by molar-refractivity contribution is 0.0756. The molecule has 60 valence electrons. The maximum absolute atomic E-state index is 9.10. The monoisotopic (exact) mass is 232 g/mol. The summed E-state index contributed by atoms with van der Waals surface area (Å²) < 4.78 is 1.21. The summed E-state index contributed by atoms with van der Waals surface area (Å²) in [6.45, 7) is 0. The molecule has 1 aliphatic carbocycles. The standard InChI is InChI=1S/C8H9BrOS/c9-7-1-2-11-8(7)5-3-6(10)4-5/h1-2,5-6,10H,3-4H2. The lowest BCUT2D eigenvalue weighted by Gasteiger charge is -2.30. The second-order valence-corrected chi connectivity index (χ2v) is 4.76. The zero-order chi connectivity index (χ0) is 7.84. The molecule has 0 atom stereocenters. The van der Waals surface area contributed by atoms with Crippen LogP contribution in [0.5, 0.6) is 0 Å². The predicted molar refractivity (Wildman–Crippen MR) is 50.0 cm³/mol. The SMILES string of the molecule is OC1CC(c2sccc2Br)C1. The van der Waals surface area contributed by atoms with E-state index in [-0.39, 0.29) is 6.10 Å². The lowest BCUT2D eigenvalue weighted by atomic mass is 9.81. The van der Waals surface area contributed by atoms with Gasteiger partial charge in [0.25, 0.3) is 0 Å². The van der Waals surface area contributed by atoms with Crippen molar-refractivity contribution in [2.24, 2.45) is 0 Å². The van der Waals surface area contributed by atoms with Crippen molar-refractivity contribution < 1.29 is 5.11 Å². The van der Waals surface area contributed by atoms with E-state index in [1.807, 2.05) is 0 Å². The number of hydrogen-bond donors (Lipinski definition) is 1. The minimum atomic E-state index is -0.0472. The summed E-state index contributed by atoms with van der Waals surface area (Å²) in [5, 5.41) is 11.2. The van der Waals surface area contributed by atoms with Crippen molar-refractivity contribution in [3.63, 3.8) is 0 Å². The van der Waals surface area contributed by atoms with E-state index in [4.69, 9.17) is 5.11 Å². The van der Waals surface area contributed by atoms with E-state index in [1.54, 1.807) is 11.3 Å². The second-order valence-electron chi connectivity index (χ2n) is 2.95. The lowest BCUT2D eigenvalue weighted by Crippen LogP contribution is -2.25. The van der Waals surface area contributed by atoms with E-state index in [9.17, 15) is 0 Å². The van der Waals surface area contributed by atoms with E-state index >= 15 is 0 Å². The Morgan fingerprint density at radius 1 is 1.55 bits per heavy atom. The molecule has 1 saturated carbocycles. The van der Waals surface area contributed by atoms with Crippen LogP contribution in [0.15, 0.2) is 15.9 Å². The molecular formula is C8H9BrOS. The van der Waals surface area contributed by atoms with Gasteiger partial charge in [-0.2, -0.15) is 0 Å². The first-order valence-corrected chi connectivity index (χ1v) is 5.35. The number of aliphatic hydroxyl groups excluding tert-OH is 1. The molecule has 1 aromatic rings. The molecule has 3 heteroatoms. The molecule has 0 amide bonds. The molecule has 0 bridgehead atoms. The van der Waals surface area contributed by atoms with Gasteiger partial charge in [0, 0.05) is 9.35 Å². The van der Waals surface area contributed by atoms with Crippen LogP contribution >= 0.6 is 27.3 Å². The Morgan fingerprint density at radius 2 is 2.27 bits per heavy atom. The molecule has 1 N–H and O–H groups in total. The average molecular weight is 233 g/mol. The molecule has 1 aliphatic rings. The first kappa shape index (κ1) is 7.77. The van der Waals surface area contributed by atoms with Gasteiger partial charge in [-0.15, -0.1) is 11.3 Å². The highest BCUT2D eigenvalue weighted by Gasteiger charge is 2.30. The van der Waals surface area contributed by atoms with Crippen LogP contribution in [0.25, 0.3) is 0 Å². The van der Waals surface area contributed by atoms with Gasteiger partial charge in [-0.1, -0.05) is 0 Å². The highest BCUT2D eigenvalue weighted by molar-refractivity contribution is 9.10. The Bertz CT molecular complexity index is 252. The number of hydrogen-bond acceptors (Lipinski definition) is 2. The molecule has 0 spiro atoms. The van der Waals surface area contributed by atoms with Crippen molar-refractivity contribution in [1.29, 1.82) is 0 Å². The summed E-state index contributed by atoms with van der Waals surface area (Å²) in [5.41, 5.74) is 0. The van der Waals surface area contributed by atoms with Gasteiger partial charge in [0.2, 0.25) is 0 Å². The van der Waals surface area contributed by atoms with Gasteiger partial charge in [0.05, 0.1) is 6.10 Å². The maximum Gasteiger partial charge on any atom is 0.0552 e. The smallest absolute Gasteiger partial charge is 0.0552 e. The van der Waals surface area contributed by atoms with Crippen LogP contribution in [0, 0.1) is 0 Å². The molecule has 0 saturated heterocycles. The van der Waals surface area contributed by atoms with E-state index in [0.717, 1.165) is 12.8 Å². The quantitative estimate of drug-likeness (QED) is 0.790. The third-order valence-corrected chi connectivity index (χ3v) is 4.16. The van der Waals surface area contributed by atoms with Crippen molar-refractivity contribution >= 4 is 27.3 Å². The normalized spacial score (nSPS) is 30.0. The Balaban J connectivity index is 2.12. The first-order chi connectivity index (χ1) is 5.27. The summed E-state index contributed by atoms with van der Waals surface area (Å²) in [4.78, 5) is 1.40. The number of halogens is 1. The van der Waals surface area contributed by atoms with Gasteiger partial charge in [-0.05, 0) is 46.1 Å². The Hall–Kier alpha value is 0.140. The van der Waals surface area contributed by atoms with Crippen LogP contribution in [0.3, 0.4) is 0 Å². The molecule has 1 nitrogen and oxygen atoms in total. The molecule has 11 heavy (non-hydrogen) atoms. The Morgan fingerprint density at radius 3 is 2.73 bits per heavy atom. The summed E-state index contributed by atoms with van der Waals surface area (Å²) in [7, 11) is 0. The topological polar surface area (TPSA) is 20.2 Å². The Labute approximate surface area is 78.2 Å². The van der Waals surface area contributed by atoms with Crippen LogP contribution in [0.4, 0.5) is 0 Å². The fourth-order valence-electron chi connectivity index (χ4n) is 1.40. The molecule has 0 unspecified atom stereocenters. The summed E-state index contributed by atoms with van der Waals surface area (Å²) in [6, 6.07) is 2.07. The van der Waals surface area contributed by atoms with E-state index in [1.165, 1.54) is 9.35 Å². The van der Waals surface area contributed by atoms with Crippen LogP contribution < -0.4 is 0 Å². The fraction of sp³-hybridized carbons (Fsp3) is 0.500. The summed E-state index contributed by atoms with van der Waals surface area (Å²) >= 11 is 5.27. The molecule has 1 heterocycles. The summed E-state index contributed by atoms with van der Waals surface area (Å²) in [6.07, 6.45) is 1.84. The Kier molecular flexibility index (Phi) is 2.04. The zero-order valence-corrected chi connectivity index (χ0v) is 8.36. The first-order valence-electron chi connectivity index (χ1n) is 3.68. The van der Waals surface area contributed by atoms with Gasteiger partial charge in [-0.25, -0.2) is 0 Å². The number of rotatable bonds is 1. The van der Waals surface area contributed by atoms with Crippen molar-refractivity contribution in [1.82, 2.24) is 0 Å². The van der Waals surface area contributed by atoms with Crippen LogP contribution in [-0.4, -0.2) is 11.2 Å².